The van der Waals surface area contributed by atoms with Crippen molar-refractivity contribution >= 4 is 29.7 Å². The number of hydrogen-bond donors (Lipinski definition) is 1. The highest BCUT2D eigenvalue weighted by Gasteiger charge is 2.39. The number of nitrogens with zero attached hydrogens (tertiary/aromatic N) is 3. The van der Waals surface area contributed by atoms with Gasteiger partial charge in [-0.25, -0.2) is 4.98 Å². The zero-order chi connectivity index (χ0) is 18.8. The number of aromatic nitrogens is 2. The van der Waals surface area contributed by atoms with E-state index in [4.69, 9.17) is 28.0 Å². The van der Waals surface area contributed by atoms with E-state index in [0.717, 1.165) is 22.8 Å². The minimum Gasteiger partial charge on any atom is -0.344 e. The van der Waals surface area contributed by atoms with E-state index in [1.165, 1.54) is 5.17 Å². The molecule has 8 heteroatoms. The van der Waals surface area contributed by atoms with Crippen molar-refractivity contribution in [1.29, 1.82) is 0 Å². The van der Waals surface area contributed by atoms with Gasteiger partial charge in [-0.2, -0.15) is 5.01 Å². The van der Waals surface area contributed by atoms with Crippen LogP contribution in [-0.4, -0.2) is 26.6 Å². The second kappa shape index (κ2) is 7.70. The Kier molecular flexibility index (Phi) is 5.55. The summed E-state index contributed by atoms with van der Waals surface area (Å²) in [7, 11) is 0. The molecule has 0 radical (unpaired) electrons. The first-order chi connectivity index (χ1) is 12.5. The summed E-state index contributed by atoms with van der Waals surface area (Å²) in [6.45, 7) is 6.39. The first kappa shape index (κ1) is 18.8. The summed E-state index contributed by atoms with van der Waals surface area (Å²) < 4.78 is 0. The number of hydrazine groups is 1. The largest absolute Gasteiger partial charge is 0.344 e. The molecule has 1 aromatic heterocycles. The third-order valence-corrected chi connectivity index (χ3v) is 5.16. The predicted molar refractivity (Wildman–Crippen MR) is 100 cm³/mol. The quantitative estimate of drug-likeness (QED) is 0.716. The Hall–Kier alpha value is -2.02. The van der Waals surface area contributed by atoms with Crippen LogP contribution in [0.15, 0.2) is 36.2 Å². The Morgan fingerprint density at radius 2 is 2.15 bits per heavy atom. The van der Waals surface area contributed by atoms with Gasteiger partial charge in [-0.05, 0) is 44.0 Å². The highest BCUT2D eigenvalue weighted by atomic mass is 35.5. The van der Waals surface area contributed by atoms with Crippen molar-refractivity contribution in [2.75, 3.05) is 0 Å². The molecule has 0 fully saturated rings. The molecule has 0 amide bonds. The highest BCUT2D eigenvalue weighted by Crippen LogP contribution is 2.41. The number of halogens is 2. The van der Waals surface area contributed by atoms with Crippen LogP contribution in [0.4, 0.5) is 0 Å². The number of hydroxylamine groups is 1. The van der Waals surface area contributed by atoms with Crippen LogP contribution in [0.2, 0.25) is 10.0 Å². The standard InChI is InChI=1S/C18H20Cl2N4O2/c1-4-14-8-17(18-21-9-11(2)22-18)23(24(14)26-10-25)12(3)13-5-6-15(19)16(20)7-13/h5-10,12,17H,4H2,1-3H3,(H,21,22). The van der Waals surface area contributed by atoms with E-state index in [2.05, 4.69) is 9.97 Å². The van der Waals surface area contributed by atoms with E-state index >= 15 is 0 Å². The maximum Gasteiger partial charge on any atom is 0.322 e. The zero-order valence-electron chi connectivity index (χ0n) is 14.7. The Morgan fingerprint density at radius 1 is 1.38 bits per heavy atom. The summed E-state index contributed by atoms with van der Waals surface area (Å²) in [4.78, 5) is 24.1. The first-order valence-corrected chi connectivity index (χ1v) is 9.07. The van der Waals surface area contributed by atoms with Gasteiger partial charge in [-0.3, -0.25) is 4.79 Å². The fourth-order valence-corrected chi connectivity index (χ4v) is 3.42. The number of benzene rings is 1. The third-order valence-electron chi connectivity index (χ3n) is 4.42. The molecular weight excluding hydrogens is 375 g/mol. The summed E-state index contributed by atoms with van der Waals surface area (Å²) in [5, 5.41) is 4.45. The fourth-order valence-electron chi connectivity index (χ4n) is 3.11. The van der Waals surface area contributed by atoms with Crippen molar-refractivity contribution in [3.05, 3.63) is 63.3 Å². The molecule has 0 spiro atoms. The number of hydrogen-bond acceptors (Lipinski definition) is 5. The second-order valence-corrected chi connectivity index (χ2v) is 6.93. The Labute approximate surface area is 162 Å². The Bertz CT molecular complexity index is 836. The zero-order valence-corrected chi connectivity index (χ0v) is 16.3. The number of imidazole rings is 1. The van der Waals surface area contributed by atoms with Gasteiger partial charge in [-0.15, -0.1) is 5.17 Å². The number of nitrogens with one attached hydrogen (secondary N) is 1. The SMILES string of the molecule is CCC1=CC(c2ncc(C)[nH]2)N(C(C)c2ccc(Cl)c(Cl)c2)N1OC=O. The summed E-state index contributed by atoms with van der Waals surface area (Å²) >= 11 is 12.2. The number of aromatic amines is 1. The van der Waals surface area contributed by atoms with Crippen LogP contribution in [0.25, 0.3) is 0 Å². The molecule has 2 unspecified atom stereocenters. The molecule has 0 aliphatic carbocycles. The first-order valence-electron chi connectivity index (χ1n) is 8.32. The van der Waals surface area contributed by atoms with Crippen LogP contribution in [0.5, 0.6) is 0 Å². The smallest absolute Gasteiger partial charge is 0.322 e. The highest BCUT2D eigenvalue weighted by molar-refractivity contribution is 6.42. The van der Waals surface area contributed by atoms with E-state index in [0.29, 0.717) is 22.9 Å². The van der Waals surface area contributed by atoms with E-state index in [9.17, 15) is 4.79 Å². The van der Waals surface area contributed by atoms with Gasteiger partial charge in [0, 0.05) is 11.9 Å². The second-order valence-electron chi connectivity index (χ2n) is 6.11. The lowest BCUT2D eigenvalue weighted by atomic mass is 10.1. The minimum absolute atomic E-state index is 0.152. The number of carbonyl (C=O) groups excluding carboxylic acids is 1. The lowest BCUT2D eigenvalue weighted by Crippen LogP contribution is -2.41. The number of carbonyl (C=O) groups is 1. The van der Waals surface area contributed by atoms with Crippen LogP contribution in [-0.2, 0) is 9.63 Å². The molecular formula is C18H20Cl2N4O2. The molecule has 138 valence electrons. The van der Waals surface area contributed by atoms with Crippen molar-refractivity contribution in [2.24, 2.45) is 0 Å². The third kappa shape index (κ3) is 3.45. The molecule has 0 bridgehead atoms. The van der Waals surface area contributed by atoms with Crippen molar-refractivity contribution in [3.63, 3.8) is 0 Å². The molecule has 26 heavy (non-hydrogen) atoms. The number of allylic oxidation sites excluding steroid dienone is 1. The molecule has 3 rings (SSSR count). The van der Waals surface area contributed by atoms with Gasteiger partial charge < -0.3 is 9.82 Å². The molecule has 2 aromatic rings. The summed E-state index contributed by atoms with van der Waals surface area (Å²) in [6.07, 6.45) is 4.52. The normalized spacial score (nSPS) is 18.7. The van der Waals surface area contributed by atoms with Gasteiger partial charge in [0.15, 0.2) is 0 Å². The van der Waals surface area contributed by atoms with E-state index in [-0.39, 0.29) is 12.1 Å². The molecule has 1 aromatic carbocycles. The predicted octanol–water partition coefficient (Wildman–Crippen LogP) is 4.74. The van der Waals surface area contributed by atoms with Gasteiger partial charge in [0.25, 0.3) is 0 Å². The maximum absolute atomic E-state index is 11.1. The Balaban J connectivity index is 2.02. The summed E-state index contributed by atoms with van der Waals surface area (Å²) in [5.74, 6) is 0.775. The van der Waals surface area contributed by atoms with Gasteiger partial charge in [0.1, 0.15) is 11.9 Å². The van der Waals surface area contributed by atoms with E-state index < -0.39 is 0 Å². The number of rotatable bonds is 6. The molecule has 0 saturated carbocycles. The van der Waals surface area contributed by atoms with Crippen LogP contribution >= 0.6 is 23.2 Å². The molecule has 1 aliphatic heterocycles. The van der Waals surface area contributed by atoms with Crippen molar-refractivity contribution in [1.82, 2.24) is 20.1 Å². The van der Waals surface area contributed by atoms with E-state index in [1.54, 1.807) is 12.3 Å². The minimum atomic E-state index is -0.206. The average Bonchev–Trinajstić information content (AvgIpc) is 3.20. The molecule has 1 N–H and O–H groups in total. The summed E-state index contributed by atoms with van der Waals surface area (Å²) in [5.41, 5.74) is 2.78. The van der Waals surface area contributed by atoms with Crippen LogP contribution in [0.1, 0.15) is 49.4 Å². The fraction of sp³-hybridized carbons (Fsp3) is 0.333. The van der Waals surface area contributed by atoms with Gasteiger partial charge >= 0.3 is 6.47 Å². The average molecular weight is 395 g/mol. The molecule has 2 heterocycles. The van der Waals surface area contributed by atoms with Crippen molar-refractivity contribution in [2.45, 2.75) is 39.3 Å². The number of aryl methyl sites for hydroxylation is 1. The van der Waals surface area contributed by atoms with Gasteiger partial charge in [0.2, 0.25) is 0 Å². The van der Waals surface area contributed by atoms with Crippen LogP contribution in [0, 0.1) is 6.92 Å². The monoisotopic (exact) mass is 394 g/mol. The maximum atomic E-state index is 11.1. The van der Waals surface area contributed by atoms with Crippen molar-refractivity contribution in [3.8, 4) is 0 Å². The molecule has 6 nitrogen and oxygen atoms in total. The van der Waals surface area contributed by atoms with Gasteiger partial charge in [-0.1, -0.05) is 36.2 Å². The topological polar surface area (TPSA) is 61.5 Å². The molecule has 1 aliphatic rings. The van der Waals surface area contributed by atoms with Gasteiger partial charge in [0.05, 0.1) is 21.8 Å². The lowest BCUT2D eigenvalue weighted by molar-refractivity contribution is -0.249. The van der Waals surface area contributed by atoms with Crippen molar-refractivity contribution < 1.29 is 9.63 Å². The number of H-pyrrole nitrogens is 1. The lowest BCUT2D eigenvalue weighted by Gasteiger charge is -2.36. The van der Waals surface area contributed by atoms with Crippen LogP contribution < -0.4 is 0 Å². The molecule has 2 atom stereocenters. The van der Waals surface area contributed by atoms with E-state index in [1.807, 2.05) is 44.0 Å². The van der Waals surface area contributed by atoms with Crippen LogP contribution in [0.3, 0.4) is 0 Å². The summed E-state index contributed by atoms with van der Waals surface area (Å²) in [6, 6.07) is 5.13. The molecule has 0 saturated heterocycles. The Morgan fingerprint density at radius 3 is 2.73 bits per heavy atom.